The molecule has 0 radical (unpaired) electrons. The van der Waals surface area contributed by atoms with E-state index in [1.165, 1.54) is 0 Å². The SMILES string of the molecule is O=C(NCCCN1CCCC1=O)c1ccccc1OCc1ccc(Cl)cc1. The second-order valence-electron chi connectivity index (χ2n) is 6.51. The van der Waals surface area contributed by atoms with Crippen molar-refractivity contribution in [2.45, 2.75) is 25.9 Å². The summed E-state index contributed by atoms with van der Waals surface area (Å²) in [7, 11) is 0. The summed E-state index contributed by atoms with van der Waals surface area (Å²) in [6.45, 7) is 2.40. The fraction of sp³-hybridized carbons (Fsp3) is 0.333. The summed E-state index contributed by atoms with van der Waals surface area (Å²) in [5, 5.41) is 3.58. The quantitative estimate of drug-likeness (QED) is 0.704. The van der Waals surface area contributed by atoms with Crippen LogP contribution in [0.15, 0.2) is 48.5 Å². The van der Waals surface area contributed by atoms with Crippen LogP contribution in [0, 0.1) is 0 Å². The van der Waals surface area contributed by atoms with Crippen LogP contribution in [0.25, 0.3) is 0 Å². The van der Waals surface area contributed by atoms with Gasteiger partial charge in [-0.2, -0.15) is 0 Å². The second kappa shape index (κ2) is 9.42. The molecule has 2 aromatic rings. The Kier molecular flexibility index (Phi) is 6.71. The largest absolute Gasteiger partial charge is 0.488 e. The van der Waals surface area contributed by atoms with Gasteiger partial charge in [-0.15, -0.1) is 0 Å². The lowest BCUT2D eigenvalue weighted by Crippen LogP contribution is -2.30. The van der Waals surface area contributed by atoms with Gasteiger partial charge >= 0.3 is 0 Å². The van der Waals surface area contributed by atoms with E-state index >= 15 is 0 Å². The molecule has 0 atom stereocenters. The summed E-state index contributed by atoms with van der Waals surface area (Å²) in [4.78, 5) is 25.9. The first-order chi connectivity index (χ1) is 13.1. The number of nitrogens with one attached hydrogen (secondary N) is 1. The van der Waals surface area contributed by atoms with Crippen molar-refractivity contribution in [1.29, 1.82) is 0 Å². The summed E-state index contributed by atoms with van der Waals surface area (Å²) in [5.74, 6) is 0.580. The Morgan fingerprint density at radius 3 is 2.67 bits per heavy atom. The number of hydrogen-bond acceptors (Lipinski definition) is 3. The molecule has 2 amide bonds. The predicted molar refractivity (Wildman–Crippen MR) is 105 cm³/mol. The standard InChI is InChI=1S/C21H23ClN2O3/c22-17-10-8-16(9-11-17)15-27-19-6-2-1-5-18(19)21(26)23-12-4-14-24-13-3-7-20(24)25/h1-2,5-6,8-11H,3-4,7,12-15H2,(H,23,26). The Bertz CT molecular complexity index is 792. The van der Waals surface area contributed by atoms with Gasteiger partial charge in [0.2, 0.25) is 5.91 Å². The number of halogens is 1. The molecule has 1 fully saturated rings. The summed E-state index contributed by atoms with van der Waals surface area (Å²) in [5.41, 5.74) is 1.48. The number of nitrogens with zero attached hydrogens (tertiary/aromatic N) is 1. The fourth-order valence-electron chi connectivity index (χ4n) is 3.03. The number of hydrogen-bond donors (Lipinski definition) is 1. The van der Waals surface area contributed by atoms with E-state index in [0.717, 1.165) is 24.9 Å². The molecule has 0 aromatic heterocycles. The van der Waals surface area contributed by atoms with Crippen LogP contribution in [-0.2, 0) is 11.4 Å². The van der Waals surface area contributed by atoms with Crippen LogP contribution in [0.1, 0.15) is 35.2 Å². The Morgan fingerprint density at radius 2 is 1.93 bits per heavy atom. The number of benzene rings is 2. The monoisotopic (exact) mass is 386 g/mol. The maximum absolute atomic E-state index is 12.5. The summed E-state index contributed by atoms with van der Waals surface area (Å²) in [6.07, 6.45) is 2.32. The Hall–Kier alpha value is -2.53. The smallest absolute Gasteiger partial charge is 0.255 e. The lowest BCUT2D eigenvalue weighted by Gasteiger charge is -2.16. The third kappa shape index (κ3) is 5.47. The van der Waals surface area contributed by atoms with E-state index in [-0.39, 0.29) is 11.8 Å². The maximum Gasteiger partial charge on any atom is 0.255 e. The van der Waals surface area contributed by atoms with Gasteiger partial charge in [0.15, 0.2) is 0 Å². The molecular formula is C21H23ClN2O3. The molecule has 3 rings (SSSR count). The molecule has 1 aliphatic rings. The highest BCUT2D eigenvalue weighted by Gasteiger charge is 2.19. The van der Waals surface area contributed by atoms with Crippen molar-refractivity contribution < 1.29 is 14.3 Å². The molecule has 0 bridgehead atoms. The lowest BCUT2D eigenvalue weighted by atomic mass is 10.2. The van der Waals surface area contributed by atoms with Gasteiger partial charge in [-0.25, -0.2) is 0 Å². The first-order valence-electron chi connectivity index (χ1n) is 9.16. The van der Waals surface area contributed by atoms with Crippen molar-refractivity contribution in [3.63, 3.8) is 0 Å². The van der Waals surface area contributed by atoms with Crippen LogP contribution in [0.4, 0.5) is 0 Å². The molecule has 1 aliphatic heterocycles. The number of ether oxygens (including phenoxy) is 1. The van der Waals surface area contributed by atoms with E-state index in [0.29, 0.717) is 42.5 Å². The number of amides is 2. The highest BCUT2D eigenvalue weighted by Crippen LogP contribution is 2.20. The normalized spacial score (nSPS) is 13.7. The highest BCUT2D eigenvalue weighted by atomic mass is 35.5. The molecule has 1 saturated heterocycles. The van der Waals surface area contributed by atoms with Crippen molar-refractivity contribution in [2.75, 3.05) is 19.6 Å². The van der Waals surface area contributed by atoms with Crippen molar-refractivity contribution in [3.05, 3.63) is 64.7 Å². The van der Waals surface area contributed by atoms with E-state index in [4.69, 9.17) is 16.3 Å². The molecule has 0 spiro atoms. The zero-order valence-corrected chi connectivity index (χ0v) is 15.9. The number of likely N-dealkylation sites (tertiary alicyclic amines) is 1. The molecule has 142 valence electrons. The molecule has 5 nitrogen and oxygen atoms in total. The molecule has 1 heterocycles. The van der Waals surface area contributed by atoms with Gasteiger partial charge in [-0.1, -0.05) is 35.9 Å². The Morgan fingerprint density at radius 1 is 1.15 bits per heavy atom. The fourth-order valence-corrected chi connectivity index (χ4v) is 3.16. The Labute approximate surface area is 164 Å². The third-order valence-corrected chi connectivity index (χ3v) is 4.75. The van der Waals surface area contributed by atoms with E-state index in [1.807, 2.05) is 41.3 Å². The summed E-state index contributed by atoms with van der Waals surface area (Å²) >= 11 is 5.89. The third-order valence-electron chi connectivity index (χ3n) is 4.50. The van der Waals surface area contributed by atoms with Crippen LogP contribution in [0.5, 0.6) is 5.75 Å². The van der Waals surface area contributed by atoms with Gasteiger partial charge in [0, 0.05) is 31.1 Å². The van der Waals surface area contributed by atoms with Crippen molar-refractivity contribution >= 4 is 23.4 Å². The minimum Gasteiger partial charge on any atom is -0.488 e. The molecule has 0 unspecified atom stereocenters. The molecule has 1 N–H and O–H groups in total. The first kappa shape index (κ1) is 19.2. The maximum atomic E-state index is 12.5. The van der Waals surface area contributed by atoms with Gasteiger partial charge in [0.1, 0.15) is 12.4 Å². The molecule has 6 heteroatoms. The molecule has 27 heavy (non-hydrogen) atoms. The minimum atomic E-state index is -0.172. The van der Waals surface area contributed by atoms with Crippen molar-refractivity contribution in [2.24, 2.45) is 0 Å². The van der Waals surface area contributed by atoms with Gasteiger partial charge in [-0.3, -0.25) is 9.59 Å². The second-order valence-corrected chi connectivity index (χ2v) is 6.94. The number of carbonyl (C=O) groups excluding carboxylic acids is 2. The number of para-hydroxylation sites is 1. The average Bonchev–Trinajstić information content (AvgIpc) is 3.09. The Balaban J connectivity index is 1.50. The number of rotatable bonds is 8. The molecular weight excluding hydrogens is 364 g/mol. The van der Waals surface area contributed by atoms with Crippen molar-refractivity contribution in [3.8, 4) is 5.75 Å². The van der Waals surface area contributed by atoms with Crippen LogP contribution in [-0.4, -0.2) is 36.3 Å². The van der Waals surface area contributed by atoms with Crippen LogP contribution in [0.3, 0.4) is 0 Å². The first-order valence-corrected chi connectivity index (χ1v) is 9.53. The highest BCUT2D eigenvalue weighted by molar-refractivity contribution is 6.30. The average molecular weight is 387 g/mol. The van der Waals surface area contributed by atoms with Crippen LogP contribution in [0.2, 0.25) is 5.02 Å². The van der Waals surface area contributed by atoms with Crippen LogP contribution < -0.4 is 10.1 Å². The van der Waals surface area contributed by atoms with E-state index < -0.39 is 0 Å². The summed E-state index contributed by atoms with van der Waals surface area (Å²) < 4.78 is 5.83. The van der Waals surface area contributed by atoms with E-state index in [2.05, 4.69) is 5.32 Å². The zero-order chi connectivity index (χ0) is 19.1. The predicted octanol–water partition coefficient (Wildman–Crippen LogP) is 3.66. The van der Waals surface area contributed by atoms with Gasteiger partial charge in [-0.05, 0) is 42.7 Å². The topological polar surface area (TPSA) is 58.6 Å². The summed E-state index contributed by atoms with van der Waals surface area (Å²) in [6, 6.07) is 14.6. The van der Waals surface area contributed by atoms with Crippen molar-refractivity contribution in [1.82, 2.24) is 10.2 Å². The number of carbonyl (C=O) groups is 2. The van der Waals surface area contributed by atoms with Gasteiger partial charge in [0.05, 0.1) is 5.56 Å². The van der Waals surface area contributed by atoms with E-state index in [9.17, 15) is 9.59 Å². The molecule has 2 aromatic carbocycles. The van der Waals surface area contributed by atoms with Gasteiger partial charge in [0.25, 0.3) is 5.91 Å². The minimum absolute atomic E-state index is 0.172. The molecule has 0 aliphatic carbocycles. The van der Waals surface area contributed by atoms with Crippen LogP contribution >= 0.6 is 11.6 Å². The zero-order valence-electron chi connectivity index (χ0n) is 15.1. The molecule has 0 saturated carbocycles. The van der Waals surface area contributed by atoms with E-state index in [1.54, 1.807) is 12.1 Å². The lowest BCUT2D eigenvalue weighted by molar-refractivity contribution is -0.127. The van der Waals surface area contributed by atoms with Gasteiger partial charge < -0.3 is 15.0 Å².